The monoisotopic (exact) mass is 317 g/mol. The van der Waals surface area contributed by atoms with Gasteiger partial charge in [-0.1, -0.05) is 62.6 Å². The molecule has 0 rings (SSSR count). The van der Waals surface area contributed by atoms with Crippen molar-refractivity contribution in [2.45, 2.75) is 71.1 Å². The summed E-state index contributed by atoms with van der Waals surface area (Å²) in [4.78, 5) is 11.1. The Labute approximate surface area is 141 Å². The fraction of sp³-hybridized carbons (Fsp3) is 0.550. The van der Waals surface area contributed by atoms with Gasteiger partial charge >= 0.3 is 5.97 Å². The van der Waals surface area contributed by atoms with E-state index >= 15 is 0 Å². The molecule has 0 aromatic carbocycles. The van der Waals surface area contributed by atoms with Gasteiger partial charge in [0.25, 0.3) is 0 Å². The van der Waals surface area contributed by atoms with Crippen molar-refractivity contribution in [2.24, 2.45) is 5.73 Å². The molecule has 0 spiro atoms. The van der Waals surface area contributed by atoms with Gasteiger partial charge in [0.15, 0.2) is 0 Å². The van der Waals surface area contributed by atoms with Crippen LogP contribution in [0.2, 0.25) is 0 Å². The molecule has 0 amide bonds. The second-order valence-corrected chi connectivity index (χ2v) is 5.32. The standard InChI is InChI=1S/C20H31NO2/c1-2-3-4-5-6-7-8-9-10-11-12-13-14-15-16-17-20(22)23-19-18-21/h3-4,6-7,9-10H,2,5,8,11-17,21H2,1H3/b4-3-,7-6-,10-9-. The van der Waals surface area contributed by atoms with Crippen molar-refractivity contribution in [3.8, 4) is 12.2 Å². The lowest BCUT2D eigenvalue weighted by Crippen LogP contribution is -1.99. The molecule has 0 aliphatic carbocycles. The van der Waals surface area contributed by atoms with E-state index in [0.29, 0.717) is 6.42 Å². The predicted octanol–water partition coefficient (Wildman–Crippen LogP) is 5.00. The molecule has 23 heavy (non-hydrogen) atoms. The first-order valence-electron chi connectivity index (χ1n) is 8.66. The van der Waals surface area contributed by atoms with E-state index in [-0.39, 0.29) is 5.97 Å². The third-order valence-electron chi connectivity index (χ3n) is 3.26. The molecule has 3 nitrogen and oxygen atoms in total. The lowest BCUT2D eigenvalue weighted by molar-refractivity contribution is -0.136. The molecule has 0 heterocycles. The van der Waals surface area contributed by atoms with E-state index in [1.807, 2.05) is 6.04 Å². The SMILES string of the molecule is CC/C=C\C/C=C\C/C=C\CCCCCCCC(=O)OC#CN. The molecule has 3 heteroatoms. The van der Waals surface area contributed by atoms with Crippen molar-refractivity contribution in [1.82, 2.24) is 0 Å². The fourth-order valence-electron chi connectivity index (χ4n) is 2.03. The first kappa shape index (κ1) is 21.0. The van der Waals surface area contributed by atoms with Crippen molar-refractivity contribution < 1.29 is 9.53 Å². The van der Waals surface area contributed by atoms with E-state index in [1.165, 1.54) is 12.8 Å². The quantitative estimate of drug-likeness (QED) is 0.171. The molecule has 0 atom stereocenters. The highest BCUT2D eigenvalue weighted by Crippen LogP contribution is 2.08. The molecule has 0 bridgehead atoms. The van der Waals surface area contributed by atoms with Gasteiger partial charge in [-0.2, -0.15) is 0 Å². The van der Waals surface area contributed by atoms with Crippen LogP contribution in [0.5, 0.6) is 0 Å². The maximum absolute atomic E-state index is 11.1. The average Bonchev–Trinajstić information content (AvgIpc) is 2.56. The maximum Gasteiger partial charge on any atom is 0.319 e. The minimum Gasteiger partial charge on any atom is -0.370 e. The van der Waals surface area contributed by atoms with Gasteiger partial charge in [-0.3, -0.25) is 4.79 Å². The Morgan fingerprint density at radius 2 is 1.52 bits per heavy atom. The van der Waals surface area contributed by atoms with Crippen molar-refractivity contribution >= 4 is 5.97 Å². The minimum absolute atomic E-state index is 0.288. The molecule has 2 N–H and O–H groups in total. The highest BCUT2D eigenvalue weighted by atomic mass is 16.5. The summed E-state index contributed by atoms with van der Waals surface area (Å²) in [5.74, 6) is -0.288. The first-order valence-corrected chi connectivity index (χ1v) is 8.66. The van der Waals surface area contributed by atoms with Gasteiger partial charge in [0.05, 0.1) is 0 Å². The molecular formula is C20H31NO2. The zero-order valence-electron chi connectivity index (χ0n) is 14.4. The van der Waals surface area contributed by atoms with Crippen molar-refractivity contribution in [3.05, 3.63) is 36.5 Å². The summed E-state index contributed by atoms with van der Waals surface area (Å²) in [5, 5.41) is 0. The van der Waals surface area contributed by atoms with Crippen LogP contribution in [0, 0.1) is 12.2 Å². The van der Waals surface area contributed by atoms with Crippen LogP contribution < -0.4 is 5.73 Å². The Hall–Kier alpha value is -1.95. The highest BCUT2D eigenvalue weighted by Gasteiger charge is 2.00. The largest absolute Gasteiger partial charge is 0.370 e. The van der Waals surface area contributed by atoms with Crippen molar-refractivity contribution in [2.75, 3.05) is 0 Å². The van der Waals surface area contributed by atoms with Gasteiger partial charge in [-0.25, -0.2) is 0 Å². The minimum atomic E-state index is -0.288. The summed E-state index contributed by atoms with van der Waals surface area (Å²) in [6.07, 6.45) is 25.6. The third kappa shape index (κ3) is 18.0. The zero-order valence-corrected chi connectivity index (χ0v) is 14.4. The molecule has 0 fully saturated rings. The molecule has 0 saturated carbocycles. The summed E-state index contributed by atoms with van der Waals surface area (Å²) < 4.78 is 4.57. The summed E-state index contributed by atoms with van der Waals surface area (Å²) in [6.45, 7) is 2.15. The number of allylic oxidation sites excluding steroid dienone is 6. The second-order valence-electron chi connectivity index (χ2n) is 5.32. The van der Waals surface area contributed by atoms with E-state index < -0.39 is 0 Å². The number of rotatable bonds is 13. The number of nitrogens with two attached hydrogens (primary N) is 1. The van der Waals surface area contributed by atoms with Crippen molar-refractivity contribution in [3.63, 3.8) is 0 Å². The van der Waals surface area contributed by atoms with E-state index in [0.717, 1.165) is 44.9 Å². The highest BCUT2D eigenvalue weighted by molar-refractivity contribution is 5.70. The Kier molecular flexibility index (Phi) is 16.6. The number of hydrogen-bond donors (Lipinski definition) is 1. The number of carbonyl (C=O) groups excluding carboxylic acids is 1. The van der Waals surface area contributed by atoms with Gasteiger partial charge in [0.2, 0.25) is 0 Å². The van der Waals surface area contributed by atoms with Crippen LogP contribution >= 0.6 is 0 Å². The Morgan fingerprint density at radius 3 is 2.22 bits per heavy atom. The van der Waals surface area contributed by atoms with Gasteiger partial charge in [0, 0.05) is 12.5 Å². The van der Waals surface area contributed by atoms with Crippen LogP contribution in [0.25, 0.3) is 0 Å². The fourth-order valence-corrected chi connectivity index (χ4v) is 2.03. The molecule has 0 aliphatic heterocycles. The summed E-state index contributed by atoms with van der Waals surface area (Å²) in [6, 6.07) is 2.05. The van der Waals surface area contributed by atoms with Crippen LogP contribution in [0.3, 0.4) is 0 Å². The smallest absolute Gasteiger partial charge is 0.319 e. The first-order chi connectivity index (χ1) is 11.3. The van der Waals surface area contributed by atoms with E-state index in [2.05, 4.69) is 54.2 Å². The van der Waals surface area contributed by atoms with Gasteiger partial charge in [-0.15, -0.1) is 0 Å². The van der Waals surface area contributed by atoms with Crippen LogP contribution in [0.15, 0.2) is 36.5 Å². The molecule has 0 radical (unpaired) electrons. The molecule has 0 saturated heterocycles. The Morgan fingerprint density at radius 1 is 0.913 bits per heavy atom. The number of hydrogen-bond acceptors (Lipinski definition) is 3. The normalized spacial score (nSPS) is 11.2. The number of ether oxygens (including phenoxy) is 1. The molecule has 0 aromatic rings. The third-order valence-corrected chi connectivity index (χ3v) is 3.26. The molecule has 0 aromatic heterocycles. The van der Waals surface area contributed by atoms with Gasteiger partial charge in [-0.05, 0) is 38.5 Å². The lowest BCUT2D eigenvalue weighted by atomic mass is 10.1. The number of unbranched alkanes of at least 4 members (excludes halogenated alkanes) is 5. The maximum atomic E-state index is 11.1. The van der Waals surface area contributed by atoms with Gasteiger partial charge in [0.1, 0.15) is 6.11 Å². The van der Waals surface area contributed by atoms with E-state index in [4.69, 9.17) is 5.73 Å². The number of carbonyl (C=O) groups is 1. The second kappa shape index (κ2) is 18.1. The molecular weight excluding hydrogens is 286 g/mol. The average molecular weight is 317 g/mol. The molecule has 0 aliphatic rings. The number of esters is 1. The summed E-state index contributed by atoms with van der Waals surface area (Å²) in [7, 11) is 0. The predicted molar refractivity (Wildman–Crippen MR) is 97.3 cm³/mol. The van der Waals surface area contributed by atoms with Crippen LogP contribution in [0.4, 0.5) is 0 Å². The summed E-state index contributed by atoms with van der Waals surface area (Å²) in [5.41, 5.74) is 4.91. The van der Waals surface area contributed by atoms with Gasteiger partial charge < -0.3 is 10.5 Å². The van der Waals surface area contributed by atoms with Crippen molar-refractivity contribution in [1.29, 1.82) is 0 Å². The van der Waals surface area contributed by atoms with E-state index in [9.17, 15) is 4.79 Å². The Bertz CT molecular complexity index is 425. The van der Waals surface area contributed by atoms with Crippen LogP contribution in [-0.2, 0) is 9.53 Å². The molecule has 0 unspecified atom stereocenters. The van der Waals surface area contributed by atoms with Crippen LogP contribution in [-0.4, -0.2) is 5.97 Å². The topological polar surface area (TPSA) is 52.3 Å². The Balaban J connectivity index is 3.32. The summed E-state index contributed by atoms with van der Waals surface area (Å²) >= 11 is 0. The van der Waals surface area contributed by atoms with Crippen LogP contribution in [0.1, 0.15) is 71.1 Å². The lowest BCUT2D eigenvalue weighted by Gasteiger charge is -1.99. The molecule has 128 valence electrons. The zero-order chi connectivity index (χ0) is 17.0. The van der Waals surface area contributed by atoms with E-state index in [1.54, 1.807) is 0 Å².